The number of aromatic nitrogens is 2. The van der Waals surface area contributed by atoms with Gasteiger partial charge in [-0.1, -0.05) is 24.3 Å². The van der Waals surface area contributed by atoms with Crippen molar-refractivity contribution >= 4 is 50.2 Å². The summed E-state index contributed by atoms with van der Waals surface area (Å²) in [5.74, 6) is -2.01. The van der Waals surface area contributed by atoms with E-state index < -0.39 is 23.5 Å². The number of thioether (sulfide) groups is 1. The molecule has 0 unspecified atom stereocenters. The Labute approximate surface area is 177 Å². The minimum atomic E-state index is -3.85. The molecule has 0 aliphatic carbocycles. The van der Waals surface area contributed by atoms with Crippen molar-refractivity contribution in [1.29, 1.82) is 5.26 Å². The monoisotopic (exact) mass is 478 g/mol. The summed E-state index contributed by atoms with van der Waals surface area (Å²) in [6.45, 7) is 0.707. The zero-order valence-corrected chi connectivity index (χ0v) is 17.4. The minimum Gasteiger partial charge on any atom is -0.343 e. The van der Waals surface area contributed by atoms with Crippen LogP contribution in [0.3, 0.4) is 0 Å². The van der Waals surface area contributed by atoms with Crippen molar-refractivity contribution in [3.8, 4) is 11.8 Å². The molecule has 3 rings (SSSR count). The number of imidazole rings is 1. The van der Waals surface area contributed by atoms with E-state index >= 15 is 0 Å². The van der Waals surface area contributed by atoms with Crippen LogP contribution in [0.5, 0.6) is 0 Å². The second-order valence-electron chi connectivity index (χ2n) is 5.99. The lowest BCUT2D eigenvalue weighted by molar-refractivity contribution is -0.136. The van der Waals surface area contributed by atoms with Gasteiger partial charge in [0.25, 0.3) is 0 Å². The third kappa shape index (κ3) is 4.31. The van der Waals surface area contributed by atoms with Crippen LogP contribution in [0.1, 0.15) is 12.5 Å². The average Bonchev–Trinajstić information content (AvgIpc) is 3.04. The molecule has 6 nitrogen and oxygen atoms in total. The number of benzene rings is 2. The highest BCUT2D eigenvalue weighted by Crippen LogP contribution is 2.39. The highest BCUT2D eigenvalue weighted by atomic mass is 79.9. The molecule has 3 aromatic rings. The maximum absolute atomic E-state index is 14.4. The molecule has 1 aromatic heterocycles. The van der Waals surface area contributed by atoms with Crippen LogP contribution in [0, 0.1) is 11.3 Å². The molecular weight excluding hydrogens is 466 g/mol. The fourth-order valence-corrected chi connectivity index (χ4v) is 4.02. The Balaban J connectivity index is 2.04. The number of fused-ring (bicyclic) bond motifs is 1. The first-order valence-electron chi connectivity index (χ1n) is 8.24. The number of Topliss-reactive ketones (excluding diaryl/α,β-unsaturated/α-hetero) is 1. The van der Waals surface area contributed by atoms with Crippen molar-refractivity contribution in [2.24, 2.45) is 0 Å². The lowest BCUT2D eigenvalue weighted by Gasteiger charge is -2.17. The first-order valence-corrected chi connectivity index (χ1v) is 9.85. The molecule has 0 fully saturated rings. The van der Waals surface area contributed by atoms with E-state index in [1.165, 1.54) is 17.7 Å². The number of amides is 1. The molecule has 10 heteroatoms. The number of hydrogen-bond donors (Lipinski definition) is 1. The summed E-state index contributed by atoms with van der Waals surface area (Å²) in [6.07, 6.45) is 1.35. The number of ketones is 1. The van der Waals surface area contributed by atoms with Crippen LogP contribution in [0.25, 0.3) is 16.5 Å². The van der Waals surface area contributed by atoms with Gasteiger partial charge in [0.15, 0.2) is 5.16 Å². The molecule has 0 atom stereocenters. The number of halogens is 3. The number of carbonyl (C=O) groups is 2. The summed E-state index contributed by atoms with van der Waals surface area (Å²) in [5, 5.41) is 8.58. The highest BCUT2D eigenvalue weighted by molar-refractivity contribution is 9.10. The summed E-state index contributed by atoms with van der Waals surface area (Å²) < 4.78 is 30.7. The number of hydrogen-bond acceptors (Lipinski definition) is 5. The molecule has 0 aliphatic rings. The maximum atomic E-state index is 14.4. The second kappa shape index (κ2) is 8.31. The van der Waals surface area contributed by atoms with Crippen molar-refractivity contribution in [2.75, 3.05) is 6.54 Å². The van der Waals surface area contributed by atoms with Crippen LogP contribution in [-0.2, 0) is 9.59 Å². The third-order valence-corrected chi connectivity index (χ3v) is 5.40. The van der Waals surface area contributed by atoms with Crippen LogP contribution in [0.15, 0.2) is 52.4 Å². The minimum absolute atomic E-state index is 0.0334. The predicted octanol–water partition coefficient (Wildman–Crippen LogP) is 4.05. The number of carbonyl (C=O) groups excluding carboxylic acids is 2. The highest BCUT2D eigenvalue weighted by Gasteiger charge is 2.42. The van der Waals surface area contributed by atoms with Crippen molar-refractivity contribution < 1.29 is 18.4 Å². The number of nitriles is 1. The molecule has 0 saturated carbocycles. The molecule has 0 aliphatic heterocycles. The van der Waals surface area contributed by atoms with Gasteiger partial charge in [-0.05, 0) is 46.7 Å². The van der Waals surface area contributed by atoms with E-state index in [0.717, 1.165) is 0 Å². The second-order valence-corrected chi connectivity index (χ2v) is 7.89. The largest absolute Gasteiger partial charge is 0.377 e. The van der Waals surface area contributed by atoms with E-state index in [1.54, 1.807) is 36.4 Å². The smallest absolute Gasteiger partial charge is 0.343 e. The molecule has 0 spiro atoms. The summed E-state index contributed by atoms with van der Waals surface area (Å²) in [7, 11) is 0. The standard InChI is InChI=1S/C19H13BrF2N4O2S/c1-11(27)9-24-17(28)19(21,22)29-18-25-10-16(20)26(18)15-7-6-12(8-23)13-4-2-3-5-14(13)15/h2-7,10H,9H2,1H3,(H,24,28). The zero-order chi connectivity index (χ0) is 21.2. The molecule has 29 heavy (non-hydrogen) atoms. The van der Waals surface area contributed by atoms with Crippen LogP contribution >= 0.6 is 27.7 Å². The van der Waals surface area contributed by atoms with Gasteiger partial charge in [-0.2, -0.15) is 14.0 Å². The molecule has 0 radical (unpaired) electrons. The van der Waals surface area contributed by atoms with Gasteiger partial charge in [-0.25, -0.2) is 4.98 Å². The summed E-state index contributed by atoms with van der Waals surface area (Å²) in [6, 6.07) is 12.4. The summed E-state index contributed by atoms with van der Waals surface area (Å²) in [4.78, 5) is 26.7. The first kappa shape index (κ1) is 21.0. The molecule has 0 saturated heterocycles. The zero-order valence-electron chi connectivity index (χ0n) is 14.9. The van der Waals surface area contributed by atoms with Gasteiger partial charge in [-0.3, -0.25) is 14.2 Å². The van der Waals surface area contributed by atoms with Gasteiger partial charge < -0.3 is 5.32 Å². The lowest BCUT2D eigenvalue weighted by atomic mass is 10.0. The van der Waals surface area contributed by atoms with E-state index in [2.05, 4.69) is 27.0 Å². The van der Waals surface area contributed by atoms with E-state index in [4.69, 9.17) is 0 Å². The van der Waals surface area contributed by atoms with Crippen LogP contribution < -0.4 is 5.32 Å². The van der Waals surface area contributed by atoms with Crippen LogP contribution in [0.2, 0.25) is 0 Å². The number of rotatable bonds is 6. The molecule has 0 bridgehead atoms. The third-order valence-electron chi connectivity index (χ3n) is 3.93. The fraction of sp³-hybridized carbons (Fsp3) is 0.158. The Morgan fingerprint density at radius 1 is 1.28 bits per heavy atom. The van der Waals surface area contributed by atoms with Crippen molar-refractivity contribution in [1.82, 2.24) is 14.9 Å². The van der Waals surface area contributed by atoms with Gasteiger partial charge >= 0.3 is 11.2 Å². The van der Waals surface area contributed by atoms with E-state index in [0.29, 0.717) is 26.6 Å². The van der Waals surface area contributed by atoms with Crippen LogP contribution in [-0.4, -0.2) is 33.0 Å². The quantitative estimate of drug-likeness (QED) is 0.539. The maximum Gasteiger partial charge on any atom is 0.377 e. The normalized spacial score (nSPS) is 11.3. The van der Waals surface area contributed by atoms with E-state index in [1.807, 2.05) is 5.32 Å². The Morgan fingerprint density at radius 3 is 2.62 bits per heavy atom. The lowest BCUT2D eigenvalue weighted by Crippen LogP contribution is -2.40. The summed E-state index contributed by atoms with van der Waals surface area (Å²) >= 11 is 3.27. The predicted molar refractivity (Wildman–Crippen MR) is 108 cm³/mol. The van der Waals surface area contributed by atoms with Gasteiger partial charge in [0.05, 0.1) is 30.1 Å². The van der Waals surface area contributed by atoms with Crippen molar-refractivity contribution in [3.05, 3.63) is 52.8 Å². The molecular formula is C19H13BrF2N4O2S. The molecule has 2 aromatic carbocycles. The number of nitrogens with one attached hydrogen (secondary N) is 1. The molecule has 1 heterocycles. The van der Waals surface area contributed by atoms with Gasteiger partial charge in [0.1, 0.15) is 10.4 Å². The average molecular weight is 479 g/mol. The number of alkyl halides is 2. The Kier molecular flexibility index (Phi) is 6.00. The fourth-order valence-electron chi connectivity index (χ4n) is 2.65. The first-order chi connectivity index (χ1) is 13.7. The van der Waals surface area contributed by atoms with Crippen molar-refractivity contribution in [2.45, 2.75) is 17.3 Å². The van der Waals surface area contributed by atoms with Crippen LogP contribution in [0.4, 0.5) is 8.78 Å². The summed E-state index contributed by atoms with van der Waals surface area (Å²) in [5.41, 5.74) is 0.968. The Hall–Kier alpha value is -2.77. The SMILES string of the molecule is CC(=O)CNC(=O)C(F)(F)Sc1ncc(Br)n1-c1ccc(C#N)c2ccccc12. The van der Waals surface area contributed by atoms with Crippen molar-refractivity contribution in [3.63, 3.8) is 0 Å². The Morgan fingerprint density at radius 2 is 1.97 bits per heavy atom. The number of nitrogens with zero attached hydrogens (tertiary/aromatic N) is 3. The Bertz CT molecular complexity index is 1160. The topological polar surface area (TPSA) is 87.8 Å². The molecule has 1 N–H and O–H groups in total. The molecule has 1 amide bonds. The van der Waals surface area contributed by atoms with Gasteiger partial charge in [0.2, 0.25) is 0 Å². The van der Waals surface area contributed by atoms with Gasteiger partial charge in [-0.15, -0.1) is 0 Å². The molecule has 148 valence electrons. The van der Waals surface area contributed by atoms with Gasteiger partial charge in [0, 0.05) is 10.8 Å². The van der Waals surface area contributed by atoms with E-state index in [9.17, 15) is 23.6 Å². The van der Waals surface area contributed by atoms with E-state index in [-0.39, 0.29) is 16.9 Å².